The molecule has 1 aliphatic rings. The molecule has 1 aliphatic carbocycles. The van der Waals surface area contributed by atoms with Gasteiger partial charge in [-0.15, -0.1) is 0 Å². The van der Waals surface area contributed by atoms with E-state index in [1.165, 1.54) is 0 Å². The zero-order chi connectivity index (χ0) is 10.8. The van der Waals surface area contributed by atoms with Crippen molar-refractivity contribution < 1.29 is 4.74 Å². The molecule has 2 N–H and O–H groups in total. The molecule has 0 heterocycles. The molecule has 0 atom stereocenters. The molecule has 15 heavy (non-hydrogen) atoms. The number of ether oxygens (including phenoxy) is 1. The Kier molecular flexibility index (Phi) is 2.81. The second-order valence-corrected chi connectivity index (χ2v) is 4.16. The fraction of sp³-hybridized carbons (Fsp3) is 0.364. The molecule has 0 saturated heterocycles. The van der Waals surface area contributed by atoms with Crippen LogP contribution in [0.2, 0.25) is 5.02 Å². The van der Waals surface area contributed by atoms with E-state index in [1.807, 2.05) is 0 Å². The second kappa shape index (κ2) is 4.09. The monoisotopic (exact) mass is 222 g/mol. The van der Waals surface area contributed by atoms with Gasteiger partial charge >= 0.3 is 0 Å². The quantitative estimate of drug-likeness (QED) is 0.834. The minimum Gasteiger partial charge on any atom is -0.489 e. The number of halogens is 1. The molecule has 1 aromatic carbocycles. The third kappa shape index (κ3) is 2.23. The molecule has 0 bridgehead atoms. The van der Waals surface area contributed by atoms with Crippen LogP contribution in [0.3, 0.4) is 0 Å². The molecule has 0 unspecified atom stereocenters. The number of benzene rings is 1. The van der Waals surface area contributed by atoms with E-state index in [4.69, 9.17) is 27.3 Å². The summed E-state index contributed by atoms with van der Waals surface area (Å²) in [6.45, 7) is 0. The molecule has 1 fully saturated rings. The van der Waals surface area contributed by atoms with Crippen LogP contribution in [0.4, 0.5) is 0 Å². The van der Waals surface area contributed by atoms with Gasteiger partial charge in [-0.05, 0) is 25.0 Å². The highest BCUT2D eigenvalue weighted by Crippen LogP contribution is 2.28. The lowest BCUT2D eigenvalue weighted by atomic mass is 9.90. The van der Waals surface area contributed by atoms with Crippen LogP contribution in [0.25, 0.3) is 0 Å². The Labute approximate surface area is 93.4 Å². The van der Waals surface area contributed by atoms with Gasteiger partial charge < -0.3 is 10.5 Å². The summed E-state index contributed by atoms with van der Waals surface area (Å²) >= 11 is 5.83. The van der Waals surface area contributed by atoms with Gasteiger partial charge in [0.05, 0.1) is 5.56 Å². The molecule has 1 aromatic rings. The first-order chi connectivity index (χ1) is 7.19. The Morgan fingerprint density at radius 2 is 2.20 bits per heavy atom. The van der Waals surface area contributed by atoms with E-state index in [0.717, 1.165) is 12.8 Å². The van der Waals surface area contributed by atoms with Crippen LogP contribution < -0.4 is 10.5 Å². The zero-order valence-electron chi connectivity index (χ0n) is 8.11. The molecule has 0 aliphatic heterocycles. The number of nitrogens with two attached hydrogens (primary N) is 1. The molecule has 0 radical (unpaired) electrons. The van der Waals surface area contributed by atoms with Gasteiger partial charge in [0.15, 0.2) is 0 Å². The SMILES string of the molecule is N#Cc1ccc(Cl)cc1OC1CC(N)C1. The van der Waals surface area contributed by atoms with Crippen LogP contribution >= 0.6 is 11.6 Å². The summed E-state index contributed by atoms with van der Waals surface area (Å²) in [5.74, 6) is 0.557. The number of nitriles is 1. The van der Waals surface area contributed by atoms with E-state index in [9.17, 15) is 0 Å². The third-order valence-electron chi connectivity index (χ3n) is 2.49. The highest BCUT2D eigenvalue weighted by Gasteiger charge is 2.28. The van der Waals surface area contributed by atoms with Crippen molar-refractivity contribution in [3.8, 4) is 11.8 Å². The molecular weight excluding hydrogens is 212 g/mol. The molecule has 78 valence electrons. The van der Waals surface area contributed by atoms with Gasteiger partial charge in [-0.2, -0.15) is 5.26 Å². The summed E-state index contributed by atoms with van der Waals surface area (Å²) in [7, 11) is 0. The normalized spacial score (nSPS) is 24.1. The average Bonchev–Trinajstić information content (AvgIpc) is 2.16. The molecule has 4 heteroatoms. The maximum atomic E-state index is 8.87. The van der Waals surface area contributed by atoms with Gasteiger partial charge in [-0.1, -0.05) is 11.6 Å². The summed E-state index contributed by atoms with van der Waals surface area (Å²) in [5.41, 5.74) is 6.17. The van der Waals surface area contributed by atoms with Crippen molar-refractivity contribution in [2.24, 2.45) is 5.73 Å². The molecule has 0 amide bonds. The molecule has 2 rings (SSSR count). The van der Waals surface area contributed by atoms with Gasteiger partial charge in [-0.25, -0.2) is 0 Å². The minimum atomic E-state index is 0.130. The Morgan fingerprint density at radius 1 is 1.47 bits per heavy atom. The molecular formula is C11H11ClN2O. The number of hydrogen-bond acceptors (Lipinski definition) is 3. The second-order valence-electron chi connectivity index (χ2n) is 3.72. The van der Waals surface area contributed by atoms with E-state index in [-0.39, 0.29) is 12.1 Å². The Bertz CT molecular complexity index is 408. The highest BCUT2D eigenvalue weighted by molar-refractivity contribution is 6.30. The topological polar surface area (TPSA) is 59.0 Å². The van der Waals surface area contributed by atoms with Crippen molar-refractivity contribution in [3.05, 3.63) is 28.8 Å². The average molecular weight is 223 g/mol. The Hall–Kier alpha value is -1.24. The van der Waals surface area contributed by atoms with E-state index >= 15 is 0 Å². The fourth-order valence-electron chi connectivity index (χ4n) is 1.57. The standard InChI is InChI=1S/C11H11ClN2O/c12-8-2-1-7(6-13)11(3-8)15-10-4-9(14)5-10/h1-3,9-10H,4-5,14H2. The van der Waals surface area contributed by atoms with E-state index < -0.39 is 0 Å². The first kappa shape index (κ1) is 10.3. The minimum absolute atomic E-state index is 0.130. The lowest BCUT2D eigenvalue weighted by Gasteiger charge is -2.32. The number of hydrogen-bond donors (Lipinski definition) is 1. The summed E-state index contributed by atoms with van der Waals surface area (Å²) in [4.78, 5) is 0. The highest BCUT2D eigenvalue weighted by atomic mass is 35.5. The zero-order valence-corrected chi connectivity index (χ0v) is 8.87. The first-order valence-electron chi connectivity index (χ1n) is 4.81. The van der Waals surface area contributed by atoms with E-state index in [1.54, 1.807) is 18.2 Å². The van der Waals surface area contributed by atoms with Gasteiger partial charge in [0, 0.05) is 17.1 Å². The number of rotatable bonds is 2. The third-order valence-corrected chi connectivity index (χ3v) is 2.72. The van der Waals surface area contributed by atoms with Crippen LogP contribution in [0.15, 0.2) is 18.2 Å². The maximum Gasteiger partial charge on any atom is 0.138 e. The summed E-state index contributed by atoms with van der Waals surface area (Å²) < 4.78 is 5.64. The van der Waals surface area contributed by atoms with Crippen LogP contribution in [-0.2, 0) is 0 Å². The van der Waals surface area contributed by atoms with Gasteiger partial charge in [0.25, 0.3) is 0 Å². The lowest BCUT2D eigenvalue weighted by molar-refractivity contribution is 0.101. The van der Waals surface area contributed by atoms with Crippen molar-refractivity contribution >= 4 is 11.6 Å². The van der Waals surface area contributed by atoms with Crippen molar-refractivity contribution in [2.45, 2.75) is 25.0 Å². The van der Waals surface area contributed by atoms with Gasteiger partial charge in [-0.3, -0.25) is 0 Å². The van der Waals surface area contributed by atoms with Crippen LogP contribution in [0, 0.1) is 11.3 Å². The molecule has 1 saturated carbocycles. The largest absolute Gasteiger partial charge is 0.489 e. The maximum absolute atomic E-state index is 8.87. The van der Waals surface area contributed by atoms with Crippen molar-refractivity contribution in [1.29, 1.82) is 5.26 Å². The van der Waals surface area contributed by atoms with Gasteiger partial charge in [0.1, 0.15) is 17.9 Å². The van der Waals surface area contributed by atoms with Crippen molar-refractivity contribution in [1.82, 2.24) is 0 Å². The molecule has 0 spiro atoms. The van der Waals surface area contributed by atoms with E-state index in [0.29, 0.717) is 16.3 Å². The van der Waals surface area contributed by atoms with E-state index in [2.05, 4.69) is 6.07 Å². The summed E-state index contributed by atoms with van der Waals surface area (Å²) in [6.07, 6.45) is 1.82. The Morgan fingerprint density at radius 3 is 2.80 bits per heavy atom. The van der Waals surface area contributed by atoms with Crippen molar-refractivity contribution in [3.63, 3.8) is 0 Å². The smallest absolute Gasteiger partial charge is 0.138 e. The first-order valence-corrected chi connectivity index (χ1v) is 5.18. The van der Waals surface area contributed by atoms with Crippen LogP contribution in [0.5, 0.6) is 5.75 Å². The Balaban J connectivity index is 2.13. The lowest BCUT2D eigenvalue weighted by Crippen LogP contribution is -2.43. The van der Waals surface area contributed by atoms with Crippen LogP contribution in [-0.4, -0.2) is 12.1 Å². The molecule has 3 nitrogen and oxygen atoms in total. The fourth-order valence-corrected chi connectivity index (χ4v) is 1.73. The molecule has 0 aromatic heterocycles. The van der Waals surface area contributed by atoms with Crippen LogP contribution in [0.1, 0.15) is 18.4 Å². The number of nitrogens with zero attached hydrogens (tertiary/aromatic N) is 1. The van der Waals surface area contributed by atoms with Gasteiger partial charge in [0.2, 0.25) is 0 Å². The predicted molar refractivity (Wildman–Crippen MR) is 57.8 cm³/mol. The van der Waals surface area contributed by atoms with Crippen molar-refractivity contribution in [2.75, 3.05) is 0 Å². The predicted octanol–water partition coefficient (Wildman–Crippen LogP) is 2.08. The summed E-state index contributed by atoms with van der Waals surface area (Å²) in [6, 6.07) is 7.32. The summed E-state index contributed by atoms with van der Waals surface area (Å²) in [5, 5.41) is 9.44.